The molecule has 0 fully saturated rings. The van der Waals surface area contributed by atoms with Crippen molar-refractivity contribution >= 4 is 5.97 Å². The molecule has 0 saturated heterocycles. The summed E-state index contributed by atoms with van der Waals surface area (Å²) in [6, 6.07) is 0. The highest BCUT2D eigenvalue weighted by Crippen LogP contribution is 2.26. The van der Waals surface area contributed by atoms with E-state index >= 15 is 0 Å². The summed E-state index contributed by atoms with van der Waals surface area (Å²) in [4.78, 5) is 10.9. The maximum atomic E-state index is 10.9. The van der Waals surface area contributed by atoms with Crippen LogP contribution in [0, 0.1) is 0 Å². The van der Waals surface area contributed by atoms with Crippen molar-refractivity contribution in [2.24, 2.45) is 0 Å². The summed E-state index contributed by atoms with van der Waals surface area (Å²) >= 11 is 0. The van der Waals surface area contributed by atoms with Gasteiger partial charge in [0.15, 0.2) is 0 Å². The van der Waals surface area contributed by atoms with Crippen LogP contribution in [0.4, 0.5) is 0 Å². The van der Waals surface area contributed by atoms with Crippen molar-refractivity contribution in [1.29, 1.82) is 0 Å². The van der Waals surface area contributed by atoms with E-state index in [1.165, 1.54) is 27.7 Å². The average Bonchev–Trinajstić information content (AvgIpc) is 2.01. The molecule has 82 valence electrons. The van der Waals surface area contributed by atoms with Gasteiger partial charge in [0, 0.05) is 6.08 Å². The fourth-order valence-electron chi connectivity index (χ4n) is 0.835. The first kappa shape index (κ1) is 13.1. The van der Waals surface area contributed by atoms with Crippen molar-refractivity contribution in [3.63, 3.8) is 0 Å². The molecule has 0 rings (SSSR count). The lowest BCUT2D eigenvalue weighted by Gasteiger charge is -2.39. The van der Waals surface area contributed by atoms with Gasteiger partial charge in [-0.25, -0.2) is 4.79 Å². The number of aliphatic hydroxyl groups is 2. The highest BCUT2D eigenvalue weighted by molar-refractivity contribution is 5.81. The number of carbonyl (C=O) groups excluding carboxylic acids is 1. The molecule has 0 amide bonds. The minimum Gasteiger partial charge on any atom is -0.456 e. The quantitative estimate of drug-likeness (QED) is 0.518. The largest absolute Gasteiger partial charge is 0.456 e. The molecule has 0 aromatic rings. The number of hydrogen-bond donors (Lipinski definition) is 2. The van der Waals surface area contributed by atoms with E-state index in [4.69, 9.17) is 4.74 Å². The lowest BCUT2D eigenvalue weighted by atomic mass is 9.83. The zero-order valence-electron chi connectivity index (χ0n) is 9.07. The lowest BCUT2D eigenvalue weighted by Crippen LogP contribution is -2.56. The van der Waals surface area contributed by atoms with E-state index in [0.717, 1.165) is 6.08 Å². The molecule has 0 aliphatic carbocycles. The Morgan fingerprint density at radius 3 is 2.14 bits per heavy atom. The van der Waals surface area contributed by atoms with E-state index in [-0.39, 0.29) is 0 Å². The Balaban J connectivity index is 4.59. The van der Waals surface area contributed by atoms with Gasteiger partial charge in [0.2, 0.25) is 0 Å². The zero-order chi connectivity index (χ0) is 11.6. The molecule has 0 aromatic carbocycles. The van der Waals surface area contributed by atoms with Crippen LogP contribution in [0.1, 0.15) is 27.7 Å². The molecule has 14 heavy (non-hydrogen) atoms. The standard InChI is InChI=1S/C10H18O4/c1-6-8(11)14-7(2)10(5,13)9(3,4)12/h6-7,12-13H,1H2,2-5H3. The van der Waals surface area contributed by atoms with Crippen LogP contribution in [0.5, 0.6) is 0 Å². The van der Waals surface area contributed by atoms with E-state index in [1.54, 1.807) is 0 Å². The molecule has 4 nitrogen and oxygen atoms in total. The molecule has 2 N–H and O–H groups in total. The summed E-state index contributed by atoms with van der Waals surface area (Å²) in [5, 5.41) is 19.5. The van der Waals surface area contributed by atoms with Gasteiger partial charge in [-0.05, 0) is 27.7 Å². The van der Waals surface area contributed by atoms with Crippen LogP contribution in [0.15, 0.2) is 12.7 Å². The Bertz CT molecular complexity index is 225. The second-order valence-corrected chi connectivity index (χ2v) is 3.99. The summed E-state index contributed by atoms with van der Waals surface area (Å²) in [5.74, 6) is -0.623. The molecular formula is C10H18O4. The third kappa shape index (κ3) is 2.82. The van der Waals surface area contributed by atoms with Gasteiger partial charge in [-0.3, -0.25) is 0 Å². The lowest BCUT2D eigenvalue weighted by molar-refractivity contribution is -0.191. The molecule has 4 heteroatoms. The number of esters is 1. The van der Waals surface area contributed by atoms with E-state index in [2.05, 4.69) is 6.58 Å². The smallest absolute Gasteiger partial charge is 0.330 e. The Morgan fingerprint density at radius 1 is 1.43 bits per heavy atom. The molecule has 0 heterocycles. The predicted octanol–water partition coefficient (Wildman–Crippen LogP) is 0.626. The normalized spacial score (nSPS) is 18.1. The summed E-state index contributed by atoms with van der Waals surface area (Å²) < 4.78 is 4.82. The first-order valence-corrected chi connectivity index (χ1v) is 4.40. The van der Waals surface area contributed by atoms with E-state index in [0.29, 0.717) is 0 Å². The molecule has 0 aliphatic heterocycles. The molecular weight excluding hydrogens is 184 g/mol. The fourth-order valence-corrected chi connectivity index (χ4v) is 0.835. The number of hydrogen-bond acceptors (Lipinski definition) is 4. The first-order chi connectivity index (χ1) is 6.13. The predicted molar refractivity (Wildman–Crippen MR) is 52.7 cm³/mol. The van der Waals surface area contributed by atoms with Gasteiger partial charge in [-0.2, -0.15) is 0 Å². The number of carbonyl (C=O) groups is 1. The molecule has 2 unspecified atom stereocenters. The van der Waals surface area contributed by atoms with Gasteiger partial charge in [0.25, 0.3) is 0 Å². The third-order valence-corrected chi connectivity index (χ3v) is 2.49. The van der Waals surface area contributed by atoms with Crippen LogP contribution >= 0.6 is 0 Å². The summed E-state index contributed by atoms with van der Waals surface area (Å²) in [6.07, 6.45) is 0.199. The van der Waals surface area contributed by atoms with Crippen LogP contribution in [-0.4, -0.2) is 33.5 Å². The Kier molecular flexibility index (Phi) is 3.85. The second kappa shape index (κ2) is 4.11. The monoisotopic (exact) mass is 202 g/mol. The van der Waals surface area contributed by atoms with Crippen LogP contribution in [-0.2, 0) is 9.53 Å². The van der Waals surface area contributed by atoms with Gasteiger partial charge in [0.05, 0.1) is 5.60 Å². The van der Waals surface area contributed by atoms with Crippen LogP contribution in [0.2, 0.25) is 0 Å². The molecule has 0 aromatic heterocycles. The summed E-state index contributed by atoms with van der Waals surface area (Å²) in [6.45, 7) is 9.06. The van der Waals surface area contributed by atoms with Gasteiger partial charge in [-0.15, -0.1) is 0 Å². The van der Waals surface area contributed by atoms with Crippen molar-refractivity contribution < 1.29 is 19.7 Å². The number of ether oxygens (including phenoxy) is 1. The van der Waals surface area contributed by atoms with Crippen molar-refractivity contribution in [1.82, 2.24) is 0 Å². The van der Waals surface area contributed by atoms with E-state index < -0.39 is 23.3 Å². The summed E-state index contributed by atoms with van der Waals surface area (Å²) in [5.41, 5.74) is -2.86. The minimum absolute atomic E-state index is 0.623. The van der Waals surface area contributed by atoms with E-state index in [1.807, 2.05) is 0 Å². The van der Waals surface area contributed by atoms with Gasteiger partial charge < -0.3 is 14.9 Å². The Labute approximate surface area is 84.2 Å². The molecule has 0 spiro atoms. The van der Waals surface area contributed by atoms with E-state index in [9.17, 15) is 15.0 Å². The molecule has 0 saturated carbocycles. The Hall–Kier alpha value is -0.870. The van der Waals surface area contributed by atoms with Crippen LogP contribution in [0.3, 0.4) is 0 Å². The van der Waals surface area contributed by atoms with Crippen molar-refractivity contribution in [2.45, 2.75) is 45.0 Å². The fraction of sp³-hybridized carbons (Fsp3) is 0.700. The minimum atomic E-state index is -1.51. The van der Waals surface area contributed by atoms with Crippen LogP contribution < -0.4 is 0 Å². The summed E-state index contributed by atoms with van der Waals surface area (Å²) in [7, 11) is 0. The van der Waals surface area contributed by atoms with Crippen molar-refractivity contribution in [2.75, 3.05) is 0 Å². The molecule has 0 bridgehead atoms. The van der Waals surface area contributed by atoms with Gasteiger partial charge in [-0.1, -0.05) is 6.58 Å². The maximum absolute atomic E-state index is 10.9. The molecule has 0 aliphatic rings. The number of rotatable bonds is 4. The highest BCUT2D eigenvalue weighted by atomic mass is 16.6. The highest BCUT2D eigenvalue weighted by Gasteiger charge is 2.44. The molecule has 2 atom stereocenters. The topological polar surface area (TPSA) is 66.8 Å². The zero-order valence-corrected chi connectivity index (χ0v) is 9.07. The van der Waals surface area contributed by atoms with Crippen molar-refractivity contribution in [3.8, 4) is 0 Å². The second-order valence-electron chi connectivity index (χ2n) is 3.99. The SMILES string of the molecule is C=CC(=O)OC(C)C(C)(O)C(C)(C)O. The molecule has 0 radical (unpaired) electrons. The maximum Gasteiger partial charge on any atom is 0.330 e. The van der Waals surface area contributed by atoms with Crippen molar-refractivity contribution in [3.05, 3.63) is 12.7 Å². The Morgan fingerprint density at radius 2 is 1.86 bits per heavy atom. The van der Waals surface area contributed by atoms with Gasteiger partial charge in [0.1, 0.15) is 11.7 Å². The van der Waals surface area contributed by atoms with Gasteiger partial charge >= 0.3 is 5.97 Å². The van der Waals surface area contributed by atoms with Crippen LogP contribution in [0.25, 0.3) is 0 Å². The average molecular weight is 202 g/mol. The third-order valence-electron chi connectivity index (χ3n) is 2.49. The first-order valence-electron chi connectivity index (χ1n) is 4.40.